The molecule has 0 saturated carbocycles. The quantitative estimate of drug-likeness (QED) is 0.892. The van der Waals surface area contributed by atoms with E-state index in [1.54, 1.807) is 48.5 Å². The zero-order chi connectivity index (χ0) is 15.2. The molecule has 106 valence electrons. The molecule has 0 aliphatic carbocycles. The lowest BCUT2D eigenvalue weighted by Crippen LogP contribution is -2.09. The molecule has 1 N–H and O–H groups in total. The minimum atomic E-state index is -0.354. The Morgan fingerprint density at radius 3 is 2.29 bits per heavy atom. The van der Waals surface area contributed by atoms with E-state index in [9.17, 15) is 4.79 Å². The molecule has 6 heteroatoms. The molecule has 2 aromatic carbocycles. The van der Waals surface area contributed by atoms with Crippen molar-refractivity contribution in [3.63, 3.8) is 0 Å². The van der Waals surface area contributed by atoms with Gasteiger partial charge in [-0.2, -0.15) is 5.26 Å². The Morgan fingerprint density at radius 2 is 1.71 bits per heavy atom. The van der Waals surface area contributed by atoms with E-state index in [1.807, 2.05) is 0 Å². The number of amides is 1. The molecular weight excluding hydrogens is 311 g/mol. The maximum absolute atomic E-state index is 11.3. The minimum absolute atomic E-state index is 0.181. The topological polar surface area (TPSA) is 62.1 Å². The molecule has 0 aromatic heterocycles. The average Bonchev–Trinajstić information content (AvgIpc) is 2.40. The fraction of sp³-hybridized carbons (Fsp3) is 0.0667. The first-order chi connectivity index (χ1) is 10.1. The molecule has 2 aromatic rings. The van der Waals surface area contributed by atoms with Gasteiger partial charge in [-0.05, 0) is 42.5 Å². The molecule has 0 atom stereocenters. The summed E-state index contributed by atoms with van der Waals surface area (Å²) in [4.78, 5) is 11.3. The molecule has 21 heavy (non-hydrogen) atoms. The highest BCUT2D eigenvalue weighted by Gasteiger charge is 2.03. The van der Waals surface area contributed by atoms with Gasteiger partial charge in [-0.3, -0.25) is 4.79 Å². The molecule has 0 saturated heterocycles. The first kappa shape index (κ1) is 15.2. The molecule has 0 aliphatic heterocycles. The summed E-state index contributed by atoms with van der Waals surface area (Å²) in [6, 6.07) is 13.4. The Kier molecular flexibility index (Phi) is 5.04. The van der Waals surface area contributed by atoms with Crippen LogP contribution in [0, 0.1) is 11.3 Å². The van der Waals surface area contributed by atoms with E-state index in [1.165, 1.54) is 0 Å². The fourth-order valence-electron chi connectivity index (χ4n) is 1.61. The zero-order valence-corrected chi connectivity index (χ0v) is 12.3. The summed E-state index contributed by atoms with van der Waals surface area (Å²) < 4.78 is 5.61. The SMILES string of the molecule is N#CCC(=O)Nc1ccc(Oc2cc(Cl)cc(Cl)c2)cc1. The summed E-state index contributed by atoms with van der Waals surface area (Å²) in [5.41, 5.74) is 0.590. The van der Waals surface area contributed by atoms with Crippen molar-refractivity contribution in [2.75, 3.05) is 5.32 Å². The summed E-state index contributed by atoms with van der Waals surface area (Å²) in [7, 11) is 0. The Bertz CT molecular complexity index is 674. The van der Waals surface area contributed by atoms with Crippen LogP contribution in [0.25, 0.3) is 0 Å². The summed E-state index contributed by atoms with van der Waals surface area (Å²) in [5, 5.41) is 12.0. The molecule has 0 radical (unpaired) electrons. The predicted molar refractivity (Wildman–Crippen MR) is 81.8 cm³/mol. The minimum Gasteiger partial charge on any atom is -0.457 e. The van der Waals surface area contributed by atoms with Gasteiger partial charge in [0.2, 0.25) is 5.91 Å². The third-order valence-corrected chi connectivity index (χ3v) is 2.89. The highest BCUT2D eigenvalue weighted by Crippen LogP contribution is 2.28. The van der Waals surface area contributed by atoms with Gasteiger partial charge in [0.15, 0.2) is 0 Å². The van der Waals surface area contributed by atoms with Gasteiger partial charge in [-0.1, -0.05) is 23.2 Å². The highest BCUT2D eigenvalue weighted by molar-refractivity contribution is 6.34. The monoisotopic (exact) mass is 320 g/mol. The van der Waals surface area contributed by atoms with Gasteiger partial charge < -0.3 is 10.1 Å². The van der Waals surface area contributed by atoms with Crippen LogP contribution in [0.4, 0.5) is 5.69 Å². The largest absolute Gasteiger partial charge is 0.457 e. The number of ether oxygens (including phenoxy) is 1. The number of halogens is 2. The number of hydrogen-bond donors (Lipinski definition) is 1. The standard InChI is InChI=1S/C15H10Cl2N2O2/c16-10-7-11(17)9-14(8-10)21-13-3-1-12(2-4-13)19-15(20)5-6-18/h1-4,7-9H,5H2,(H,19,20). The van der Waals surface area contributed by atoms with Crippen LogP contribution in [0.5, 0.6) is 11.5 Å². The summed E-state index contributed by atoms with van der Waals surface area (Å²) >= 11 is 11.8. The van der Waals surface area contributed by atoms with Crippen LogP contribution in [0.3, 0.4) is 0 Å². The summed E-state index contributed by atoms with van der Waals surface area (Å²) in [5.74, 6) is 0.744. The van der Waals surface area contributed by atoms with E-state index in [0.717, 1.165) is 0 Å². The maximum atomic E-state index is 11.3. The van der Waals surface area contributed by atoms with Gasteiger partial charge in [-0.25, -0.2) is 0 Å². The van der Waals surface area contributed by atoms with E-state index in [2.05, 4.69) is 5.32 Å². The van der Waals surface area contributed by atoms with E-state index in [-0.39, 0.29) is 12.3 Å². The van der Waals surface area contributed by atoms with Crippen LogP contribution in [0.1, 0.15) is 6.42 Å². The third-order valence-electron chi connectivity index (χ3n) is 2.45. The van der Waals surface area contributed by atoms with Crippen molar-refractivity contribution in [3.8, 4) is 17.6 Å². The summed E-state index contributed by atoms with van der Waals surface area (Å²) in [6.45, 7) is 0. The van der Waals surface area contributed by atoms with Crippen molar-refractivity contribution in [2.24, 2.45) is 0 Å². The van der Waals surface area contributed by atoms with Gasteiger partial charge >= 0.3 is 0 Å². The van der Waals surface area contributed by atoms with E-state index >= 15 is 0 Å². The second-order valence-corrected chi connectivity index (χ2v) is 4.99. The number of nitrogens with one attached hydrogen (secondary N) is 1. The fourth-order valence-corrected chi connectivity index (χ4v) is 2.11. The number of nitrogens with zero attached hydrogens (tertiary/aromatic N) is 1. The Balaban J connectivity index is 2.05. The Labute approximate surface area is 131 Å². The second-order valence-electron chi connectivity index (χ2n) is 4.11. The normalized spacial score (nSPS) is 9.76. The van der Waals surface area contributed by atoms with Crippen LogP contribution in [0.2, 0.25) is 10.0 Å². The average molecular weight is 321 g/mol. The van der Waals surface area contributed by atoms with Crippen molar-refractivity contribution in [1.29, 1.82) is 5.26 Å². The molecule has 2 rings (SSSR count). The molecule has 0 unspecified atom stereocenters. The van der Waals surface area contributed by atoms with Gasteiger partial charge in [-0.15, -0.1) is 0 Å². The molecular formula is C15H10Cl2N2O2. The first-order valence-electron chi connectivity index (χ1n) is 5.97. The Hall–Kier alpha value is -2.22. The number of anilines is 1. The molecule has 0 aliphatic rings. The number of benzene rings is 2. The Morgan fingerprint density at radius 1 is 1.10 bits per heavy atom. The summed E-state index contributed by atoms with van der Waals surface area (Å²) in [6.07, 6.45) is -0.181. The number of carbonyl (C=O) groups excluding carboxylic acids is 1. The smallest absolute Gasteiger partial charge is 0.238 e. The van der Waals surface area contributed by atoms with Gasteiger partial charge in [0.1, 0.15) is 17.9 Å². The van der Waals surface area contributed by atoms with Crippen LogP contribution < -0.4 is 10.1 Å². The van der Waals surface area contributed by atoms with E-state index < -0.39 is 0 Å². The predicted octanol–water partition coefficient (Wildman–Crippen LogP) is 4.64. The molecule has 0 fully saturated rings. The van der Waals surface area contributed by atoms with Crippen LogP contribution in [-0.2, 0) is 4.79 Å². The van der Waals surface area contributed by atoms with E-state index in [0.29, 0.717) is 27.2 Å². The molecule has 0 bridgehead atoms. The van der Waals surface area contributed by atoms with Crippen molar-refractivity contribution in [1.82, 2.24) is 0 Å². The van der Waals surface area contributed by atoms with E-state index in [4.69, 9.17) is 33.2 Å². The molecule has 0 spiro atoms. The molecule has 1 amide bonds. The number of nitriles is 1. The first-order valence-corrected chi connectivity index (χ1v) is 6.73. The maximum Gasteiger partial charge on any atom is 0.238 e. The second kappa shape index (κ2) is 6.98. The lowest BCUT2D eigenvalue weighted by atomic mass is 10.3. The van der Waals surface area contributed by atoms with Gasteiger partial charge in [0.05, 0.1) is 6.07 Å². The van der Waals surface area contributed by atoms with Crippen molar-refractivity contribution < 1.29 is 9.53 Å². The zero-order valence-electron chi connectivity index (χ0n) is 10.8. The van der Waals surface area contributed by atoms with Crippen LogP contribution in [-0.4, -0.2) is 5.91 Å². The van der Waals surface area contributed by atoms with Crippen molar-refractivity contribution >= 4 is 34.8 Å². The lowest BCUT2D eigenvalue weighted by molar-refractivity contribution is -0.115. The molecule has 4 nitrogen and oxygen atoms in total. The van der Waals surface area contributed by atoms with Crippen molar-refractivity contribution in [2.45, 2.75) is 6.42 Å². The number of carbonyl (C=O) groups is 1. The van der Waals surface area contributed by atoms with Crippen LogP contribution >= 0.6 is 23.2 Å². The van der Waals surface area contributed by atoms with Gasteiger partial charge in [0, 0.05) is 15.7 Å². The van der Waals surface area contributed by atoms with Crippen LogP contribution in [0.15, 0.2) is 42.5 Å². The van der Waals surface area contributed by atoms with Gasteiger partial charge in [0.25, 0.3) is 0 Å². The number of hydrogen-bond acceptors (Lipinski definition) is 3. The lowest BCUT2D eigenvalue weighted by Gasteiger charge is -2.08. The third kappa shape index (κ3) is 4.67. The van der Waals surface area contributed by atoms with Crippen molar-refractivity contribution in [3.05, 3.63) is 52.5 Å². The highest BCUT2D eigenvalue weighted by atomic mass is 35.5. The number of rotatable bonds is 4. The molecule has 0 heterocycles.